The van der Waals surface area contributed by atoms with Crippen molar-refractivity contribution < 1.29 is 10.0 Å². The number of aliphatic hydroxyl groups is 1. The summed E-state index contributed by atoms with van der Waals surface area (Å²) in [6.07, 6.45) is 1.10. The van der Waals surface area contributed by atoms with E-state index in [1.165, 1.54) is 0 Å². The number of hydrogen-bond acceptors (Lipinski definition) is 7. The summed E-state index contributed by atoms with van der Waals surface area (Å²) < 4.78 is 0. The lowest BCUT2D eigenvalue weighted by Crippen LogP contribution is -2.38. The molecule has 2 atom stereocenters. The van der Waals surface area contributed by atoms with Crippen LogP contribution in [-0.4, -0.2) is 64.2 Å². The first-order valence-electron chi connectivity index (χ1n) is 6.15. The minimum atomic E-state index is -0.539. The molecule has 0 radical (unpaired) electrons. The molecule has 9 heteroatoms. The predicted octanol–water partition coefficient (Wildman–Crippen LogP) is 0.539. The smallest absolute Gasteiger partial charge is 0.329 e. The van der Waals surface area contributed by atoms with Crippen LogP contribution in [-0.2, 0) is 0 Å². The van der Waals surface area contributed by atoms with Gasteiger partial charge >= 0.3 is 5.69 Å². The normalized spacial score (nSPS) is 22.6. The molecule has 1 aliphatic heterocycles. The number of aromatic nitrogens is 2. The lowest BCUT2D eigenvalue weighted by molar-refractivity contribution is -0.384. The fraction of sp³-hybridized carbons (Fsp3) is 0.636. The topological polar surface area (TPSA) is 95.6 Å². The molecule has 110 valence electrons. The van der Waals surface area contributed by atoms with Crippen molar-refractivity contribution in [1.29, 1.82) is 0 Å². The number of anilines is 1. The third-order valence-corrected chi connectivity index (χ3v) is 3.34. The molecular weight excluding hydrogens is 286 g/mol. The maximum absolute atomic E-state index is 11.1. The molecule has 0 amide bonds. The van der Waals surface area contributed by atoms with Gasteiger partial charge in [-0.2, -0.15) is 4.98 Å². The van der Waals surface area contributed by atoms with Gasteiger partial charge in [0.1, 0.15) is 6.20 Å². The fourth-order valence-corrected chi connectivity index (χ4v) is 2.56. The van der Waals surface area contributed by atoms with Gasteiger partial charge in [0.05, 0.1) is 11.0 Å². The summed E-state index contributed by atoms with van der Waals surface area (Å²) in [7, 11) is 3.81. The van der Waals surface area contributed by atoms with Crippen LogP contribution in [0.4, 0.5) is 11.5 Å². The molecule has 0 aliphatic carbocycles. The highest BCUT2D eigenvalue weighted by Gasteiger charge is 2.36. The second-order valence-electron chi connectivity index (χ2n) is 5.06. The van der Waals surface area contributed by atoms with E-state index in [2.05, 4.69) is 9.97 Å². The Morgan fingerprint density at radius 3 is 2.95 bits per heavy atom. The fourth-order valence-electron chi connectivity index (χ4n) is 2.43. The van der Waals surface area contributed by atoms with E-state index in [0.29, 0.717) is 19.5 Å². The summed E-state index contributed by atoms with van der Waals surface area (Å²) >= 11 is 5.75. The van der Waals surface area contributed by atoms with Crippen LogP contribution < -0.4 is 4.90 Å². The number of nitrogens with zero attached hydrogens (tertiary/aromatic N) is 5. The van der Waals surface area contributed by atoms with Crippen LogP contribution in [0.2, 0.25) is 5.28 Å². The van der Waals surface area contributed by atoms with Crippen molar-refractivity contribution in [2.24, 2.45) is 0 Å². The Balaban J connectivity index is 2.37. The molecule has 20 heavy (non-hydrogen) atoms. The largest absolute Gasteiger partial charge is 0.391 e. The summed E-state index contributed by atoms with van der Waals surface area (Å²) in [6, 6.07) is -0.0512. The van der Waals surface area contributed by atoms with E-state index in [1.807, 2.05) is 19.0 Å². The molecule has 0 bridgehead atoms. The van der Waals surface area contributed by atoms with Crippen LogP contribution in [0, 0.1) is 10.1 Å². The Bertz CT molecular complexity index is 513. The Morgan fingerprint density at radius 2 is 2.35 bits per heavy atom. The minimum absolute atomic E-state index is 0.0457. The van der Waals surface area contributed by atoms with Gasteiger partial charge in [-0.25, -0.2) is 4.98 Å². The second kappa shape index (κ2) is 5.86. The number of nitro groups is 1. The molecule has 2 heterocycles. The molecule has 1 aliphatic rings. The van der Waals surface area contributed by atoms with Crippen molar-refractivity contribution in [2.45, 2.75) is 18.6 Å². The molecule has 0 spiro atoms. The van der Waals surface area contributed by atoms with Crippen molar-refractivity contribution in [3.8, 4) is 0 Å². The summed E-state index contributed by atoms with van der Waals surface area (Å²) in [6.45, 7) is 0.961. The van der Waals surface area contributed by atoms with Gasteiger partial charge in [0, 0.05) is 19.1 Å². The first kappa shape index (κ1) is 14.9. The van der Waals surface area contributed by atoms with E-state index in [1.54, 1.807) is 4.90 Å². The molecule has 1 aromatic rings. The quantitative estimate of drug-likeness (QED) is 0.492. The standard InChI is InChI=1S/C11H16ClN5O3/c1-15(2)5-7-3-8(18)6-16(7)10-9(17(19)20)4-13-11(12)14-10/h4,7-8,18H,3,5-6H2,1-2H3. The zero-order valence-corrected chi connectivity index (χ0v) is 12.0. The first-order chi connectivity index (χ1) is 9.38. The molecule has 8 nitrogen and oxygen atoms in total. The third kappa shape index (κ3) is 3.14. The Kier molecular flexibility index (Phi) is 4.36. The maximum atomic E-state index is 11.1. The van der Waals surface area contributed by atoms with Crippen molar-refractivity contribution >= 4 is 23.1 Å². The number of β-amino-alcohol motifs (C(OH)–C–C–N with tert-alkyl or cyclic N) is 1. The van der Waals surface area contributed by atoms with Gasteiger partial charge in [0.2, 0.25) is 11.1 Å². The zero-order chi connectivity index (χ0) is 14.9. The second-order valence-corrected chi connectivity index (χ2v) is 5.40. The maximum Gasteiger partial charge on any atom is 0.329 e. The van der Waals surface area contributed by atoms with Gasteiger partial charge in [-0.1, -0.05) is 0 Å². The van der Waals surface area contributed by atoms with E-state index in [4.69, 9.17) is 11.6 Å². The molecule has 1 saturated heterocycles. The van der Waals surface area contributed by atoms with Crippen LogP contribution in [0.15, 0.2) is 6.20 Å². The SMILES string of the molecule is CN(C)CC1CC(O)CN1c1nc(Cl)ncc1[N+](=O)[O-]. The number of aliphatic hydroxyl groups excluding tert-OH is 1. The predicted molar refractivity (Wildman–Crippen MR) is 74.0 cm³/mol. The van der Waals surface area contributed by atoms with E-state index in [0.717, 1.165) is 6.20 Å². The zero-order valence-electron chi connectivity index (χ0n) is 11.2. The van der Waals surface area contributed by atoms with Gasteiger partial charge in [0.15, 0.2) is 0 Å². The van der Waals surface area contributed by atoms with Crippen LogP contribution in [0.25, 0.3) is 0 Å². The summed E-state index contributed by atoms with van der Waals surface area (Å²) in [5.41, 5.74) is -0.202. The van der Waals surface area contributed by atoms with Crippen molar-refractivity contribution in [1.82, 2.24) is 14.9 Å². The van der Waals surface area contributed by atoms with E-state index in [-0.39, 0.29) is 22.8 Å². The van der Waals surface area contributed by atoms with Crippen molar-refractivity contribution in [2.75, 3.05) is 32.1 Å². The molecule has 1 N–H and O–H groups in total. The molecule has 0 saturated carbocycles. The highest BCUT2D eigenvalue weighted by molar-refractivity contribution is 6.28. The van der Waals surface area contributed by atoms with Crippen LogP contribution in [0.5, 0.6) is 0 Å². The monoisotopic (exact) mass is 301 g/mol. The average molecular weight is 302 g/mol. The summed E-state index contributed by atoms with van der Waals surface area (Å²) in [4.78, 5) is 21.9. The highest BCUT2D eigenvalue weighted by atomic mass is 35.5. The van der Waals surface area contributed by atoms with Gasteiger partial charge in [-0.05, 0) is 32.1 Å². The molecule has 2 rings (SSSR count). The van der Waals surface area contributed by atoms with Crippen LogP contribution in [0.3, 0.4) is 0 Å². The highest BCUT2D eigenvalue weighted by Crippen LogP contribution is 2.32. The average Bonchev–Trinajstić information content (AvgIpc) is 2.68. The van der Waals surface area contributed by atoms with E-state index >= 15 is 0 Å². The Labute approximate surface area is 121 Å². The summed E-state index contributed by atoms with van der Waals surface area (Å²) in [5, 5.41) is 20.9. The minimum Gasteiger partial charge on any atom is -0.391 e. The Hall–Kier alpha value is -1.51. The van der Waals surface area contributed by atoms with Gasteiger partial charge < -0.3 is 14.9 Å². The van der Waals surface area contributed by atoms with Crippen LogP contribution >= 0.6 is 11.6 Å². The number of halogens is 1. The molecule has 0 aromatic carbocycles. The van der Waals surface area contributed by atoms with Gasteiger partial charge in [-0.15, -0.1) is 0 Å². The van der Waals surface area contributed by atoms with Crippen molar-refractivity contribution in [3.63, 3.8) is 0 Å². The molecular formula is C11H16ClN5O3. The van der Waals surface area contributed by atoms with Gasteiger partial charge in [-0.3, -0.25) is 10.1 Å². The first-order valence-corrected chi connectivity index (χ1v) is 6.52. The lowest BCUT2D eigenvalue weighted by atomic mass is 10.2. The molecule has 1 aromatic heterocycles. The van der Waals surface area contributed by atoms with Gasteiger partial charge in [0.25, 0.3) is 0 Å². The summed E-state index contributed by atoms with van der Waals surface area (Å²) in [5.74, 6) is 0.165. The van der Waals surface area contributed by atoms with Crippen LogP contribution in [0.1, 0.15) is 6.42 Å². The molecule has 1 fully saturated rings. The Morgan fingerprint density at radius 1 is 1.65 bits per heavy atom. The van der Waals surface area contributed by atoms with Crippen molar-refractivity contribution in [3.05, 3.63) is 21.6 Å². The number of rotatable bonds is 4. The number of hydrogen-bond donors (Lipinski definition) is 1. The van der Waals surface area contributed by atoms with E-state index < -0.39 is 11.0 Å². The number of likely N-dealkylation sites (N-methyl/N-ethyl adjacent to an activating group) is 1. The third-order valence-electron chi connectivity index (χ3n) is 3.16. The lowest BCUT2D eigenvalue weighted by Gasteiger charge is -2.27. The molecule has 2 unspecified atom stereocenters. The van der Waals surface area contributed by atoms with E-state index in [9.17, 15) is 15.2 Å².